The fourth-order valence-corrected chi connectivity index (χ4v) is 5.34. The quantitative estimate of drug-likeness (QED) is 0.449. The SMILES string of the molecule is C[C@@H]1C[C@H](C)CN(c2ccc(N3C(=O)[C@@H]4CCCC[C@H]4C3=O)cc2[N+](=O)[O-])C1. The second-order valence-corrected chi connectivity index (χ2v) is 8.79. The van der Waals surface area contributed by atoms with Gasteiger partial charge < -0.3 is 4.90 Å². The van der Waals surface area contributed by atoms with Gasteiger partial charge in [-0.1, -0.05) is 26.7 Å². The summed E-state index contributed by atoms with van der Waals surface area (Å²) < 4.78 is 0. The third-order valence-corrected chi connectivity index (χ3v) is 6.46. The molecule has 1 aliphatic carbocycles. The highest BCUT2D eigenvalue weighted by Crippen LogP contribution is 2.42. The van der Waals surface area contributed by atoms with Crippen molar-refractivity contribution in [2.45, 2.75) is 46.0 Å². The number of hydrogen-bond acceptors (Lipinski definition) is 5. The van der Waals surface area contributed by atoms with Gasteiger partial charge in [0, 0.05) is 19.2 Å². The van der Waals surface area contributed by atoms with E-state index < -0.39 is 4.92 Å². The zero-order valence-electron chi connectivity index (χ0n) is 16.5. The van der Waals surface area contributed by atoms with E-state index in [1.54, 1.807) is 12.1 Å². The predicted octanol–water partition coefficient (Wildman–Crippen LogP) is 3.76. The van der Waals surface area contributed by atoms with Crippen LogP contribution in [0.25, 0.3) is 0 Å². The van der Waals surface area contributed by atoms with Crippen molar-refractivity contribution in [3.63, 3.8) is 0 Å². The summed E-state index contributed by atoms with van der Waals surface area (Å²) in [5.41, 5.74) is 0.871. The fraction of sp³-hybridized carbons (Fsp3) is 0.619. The number of nitrogens with zero attached hydrogens (tertiary/aromatic N) is 3. The minimum Gasteiger partial charge on any atom is -0.365 e. The molecule has 7 nitrogen and oxygen atoms in total. The number of imide groups is 1. The Bertz CT molecular complexity index is 790. The van der Waals surface area contributed by atoms with Gasteiger partial charge >= 0.3 is 0 Å². The third kappa shape index (κ3) is 3.16. The van der Waals surface area contributed by atoms with Crippen LogP contribution in [-0.2, 0) is 9.59 Å². The van der Waals surface area contributed by atoms with Gasteiger partial charge in [0.05, 0.1) is 22.4 Å². The van der Waals surface area contributed by atoms with Crippen LogP contribution in [0, 0.1) is 33.8 Å². The van der Waals surface area contributed by atoms with Gasteiger partial charge in [-0.25, -0.2) is 4.90 Å². The highest BCUT2D eigenvalue weighted by atomic mass is 16.6. The molecule has 2 aliphatic heterocycles. The van der Waals surface area contributed by atoms with Crippen molar-refractivity contribution in [3.8, 4) is 0 Å². The number of nitro benzene ring substituents is 1. The summed E-state index contributed by atoms with van der Waals surface area (Å²) in [6.45, 7) is 5.87. The van der Waals surface area contributed by atoms with E-state index in [9.17, 15) is 19.7 Å². The fourth-order valence-electron chi connectivity index (χ4n) is 5.34. The standard InChI is InChI=1S/C21H27N3O4/c1-13-9-14(2)12-22(11-13)18-8-7-15(10-19(18)24(27)28)23-20(25)16-5-3-4-6-17(16)21(23)26/h7-8,10,13-14,16-17H,3-6,9,11-12H2,1-2H3/t13-,14+,16-,17-/m1/s1. The second kappa shape index (κ2) is 7.18. The lowest BCUT2D eigenvalue weighted by Gasteiger charge is -2.36. The number of fused-ring (bicyclic) bond motifs is 1. The van der Waals surface area contributed by atoms with Crippen molar-refractivity contribution in [2.75, 3.05) is 22.9 Å². The maximum absolute atomic E-state index is 12.8. The van der Waals surface area contributed by atoms with Gasteiger partial charge in [-0.3, -0.25) is 19.7 Å². The predicted molar refractivity (Wildman–Crippen MR) is 106 cm³/mol. The average molecular weight is 385 g/mol. The van der Waals surface area contributed by atoms with E-state index in [0.717, 1.165) is 45.2 Å². The van der Waals surface area contributed by atoms with E-state index >= 15 is 0 Å². The van der Waals surface area contributed by atoms with Gasteiger partial charge in [0.2, 0.25) is 11.8 Å². The minimum absolute atomic E-state index is 0.0331. The summed E-state index contributed by atoms with van der Waals surface area (Å²) >= 11 is 0. The summed E-state index contributed by atoms with van der Waals surface area (Å²) in [7, 11) is 0. The molecular weight excluding hydrogens is 358 g/mol. The van der Waals surface area contributed by atoms with Crippen molar-refractivity contribution in [1.29, 1.82) is 0 Å². The smallest absolute Gasteiger partial charge is 0.294 e. The number of piperidine rings is 1. The molecular formula is C21H27N3O4. The normalized spacial score (nSPS) is 30.5. The first kappa shape index (κ1) is 18.9. The third-order valence-electron chi connectivity index (χ3n) is 6.46. The molecule has 150 valence electrons. The number of carbonyl (C=O) groups is 2. The summed E-state index contributed by atoms with van der Waals surface area (Å²) in [4.78, 5) is 40.3. The maximum atomic E-state index is 12.8. The number of anilines is 2. The number of hydrogen-bond donors (Lipinski definition) is 0. The molecule has 2 amide bonds. The lowest BCUT2D eigenvalue weighted by atomic mass is 9.81. The van der Waals surface area contributed by atoms with Gasteiger partial charge in [0.15, 0.2) is 0 Å². The van der Waals surface area contributed by atoms with Crippen LogP contribution in [0.1, 0.15) is 46.0 Å². The first-order chi connectivity index (χ1) is 13.4. The van der Waals surface area contributed by atoms with Gasteiger partial charge in [0.1, 0.15) is 5.69 Å². The van der Waals surface area contributed by atoms with Crippen molar-refractivity contribution in [2.24, 2.45) is 23.7 Å². The molecule has 1 aromatic carbocycles. The molecule has 0 radical (unpaired) electrons. The van der Waals surface area contributed by atoms with Crippen LogP contribution >= 0.6 is 0 Å². The number of nitro groups is 1. The summed E-state index contributed by atoms with van der Waals surface area (Å²) in [5.74, 6) is 0.0160. The van der Waals surface area contributed by atoms with E-state index in [2.05, 4.69) is 18.7 Å². The largest absolute Gasteiger partial charge is 0.365 e. The molecule has 1 aromatic rings. The monoisotopic (exact) mass is 385 g/mol. The van der Waals surface area contributed by atoms with E-state index in [1.807, 2.05) is 0 Å². The molecule has 0 aromatic heterocycles. The Kier molecular flexibility index (Phi) is 4.85. The number of amides is 2. The first-order valence-electron chi connectivity index (χ1n) is 10.3. The van der Waals surface area contributed by atoms with Gasteiger partial charge in [-0.15, -0.1) is 0 Å². The highest BCUT2D eigenvalue weighted by molar-refractivity contribution is 6.22. The molecule has 28 heavy (non-hydrogen) atoms. The Morgan fingerprint density at radius 3 is 2.11 bits per heavy atom. The molecule has 4 atom stereocenters. The lowest BCUT2D eigenvalue weighted by molar-refractivity contribution is -0.384. The Hall–Kier alpha value is -2.44. The molecule has 3 fully saturated rings. The molecule has 2 heterocycles. The molecule has 3 aliphatic rings. The van der Waals surface area contributed by atoms with Gasteiger partial charge in [0.25, 0.3) is 5.69 Å². The molecule has 7 heteroatoms. The van der Waals surface area contributed by atoms with Crippen LogP contribution in [0.2, 0.25) is 0 Å². The minimum atomic E-state index is -0.402. The molecule has 2 saturated heterocycles. The van der Waals surface area contributed by atoms with E-state index in [4.69, 9.17) is 0 Å². The van der Waals surface area contributed by atoms with Crippen LogP contribution < -0.4 is 9.80 Å². The molecule has 0 spiro atoms. The van der Waals surface area contributed by atoms with Crippen LogP contribution in [0.3, 0.4) is 0 Å². The van der Waals surface area contributed by atoms with Crippen LogP contribution in [0.5, 0.6) is 0 Å². The maximum Gasteiger partial charge on any atom is 0.294 e. The second-order valence-electron chi connectivity index (χ2n) is 8.79. The molecule has 0 unspecified atom stereocenters. The Balaban J connectivity index is 1.68. The summed E-state index contributed by atoms with van der Waals surface area (Å²) in [6.07, 6.45) is 4.49. The molecule has 0 bridgehead atoms. The first-order valence-corrected chi connectivity index (χ1v) is 10.3. The molecule has 4 rings (SSSR count). The van der Waals surface area contributed by atoms with E-state index in [1.165, 1.54) is 11.0 Å². The number of carbonyl (C=O) groups excluding carboxylic acids is 2. The topological polar surface area (TPSA) is 83.8 Å². The van der Waals surface area contributed by atoms with Crippen molar-refractivity contribution < 1.29 is 14.5 Å². The Morgan fingerprint density at radius 1 is 1.00 bits per heavy atom. The van der Waals surface area contributed by atoms with E-state index in [0.29, 0.717) is 23.2 Å². The summed E-state index contributed by atoms with van der Waals surface area (Å²) in [6, 6.07) is 4.81. The van der Waals surface area contributed by atoms with Gasteiger partial charge in [-0.05, 0) is 43.2 Å². The van der Waals surface area contributed by atoms with E-state index in [-0.39, 0.29) is 29.3 Å². The zero-order valence-corrected chi connectivity index (χ0v) is 16.5. The average Bonchev–Trinajstić information content (AvgIpc) is 2.91. The lowest BCUT2D eigenvalue weighted by Crippen LogP contribution is -2.39. The van der Waals surface area contributed by atoms with Gasteiger partial charge in [-0.2, -0.15) is 0 Å². The van der Waals surface area contributed by atoms with Crippen LogP contribution in [-0.4, -0.2) is 29.8 Å². The van der Waals surface area contributed by atoms with Crippen molar-refractivity contribution >= 4 is 28.9 Å². The van der Waals surface area contributed by atoms with Crippen LogP contribution in [0.4, 0.5) is 17.1 Å². The number of benzene rings is 1. The Morgan fingerprint density at radius 2 is 1.57 bits per heavy atom. The molecule has 1 saturated carbocycles. The Labute approximate surface area is 164 Å². The highest BCUT2D eigenvalue weighted by Gasteiger charge is 2.49. The number of rotatable bonds is 3. The zero-order chi connectivity index (χ0) is 20.0. The van der Waals surface area contributed by atoms with Crippen LogP contribution in [0.15, 0.2) is 18.2 Å². The van der Waals surface area contributed by atoms with Crippen molar-refractivity contribution in [3.05, 3.63) is 28.3 Å². The summed E-state index contributed by atoms with van der Waals surface area (Å²) in [5, 5.41) is 11.8. The molecule has 0 N–H and O–H groups in total. The van der Waals surface area contributed by atoms with Crippen molar-refractivity contribution in [1.82, 2.24) is 0 Å².